The molecule has 104 valence electrons. The topological polar surface area (TPSA) is 107 Å². The lowest BCUT2D eigenvalue weighted by molar-refractivity contribution is -0.126. The Kier molecular flexibility index (Phi) is 4.88. The molecule has 0 aromatic heterocycles. The van der Waals surface area contributed by atoms with Crippen LogP contribution in [0.25, 0.3) is 0 Å². The van der Waals surface area contributed by atoms with Gasteiger partial charge in [0.15, 0.2) is 6.10 Å². The van der Waals surface area contributed by atoms with Crippen LogP contribution in [0.5, 0.6) is 5.75 Å². The van der Waals surface area contributed by atoms with Crippen molar-refractivity contribution in [3.63, 3.8) is 0 Å². The first-order chi connectivity index (χ1) is 8.81. The number of hydrogen-bond acceptors (Lipinski definition) is 4. The maximum atomic E-state index is 11.5. The molecule has 0 heterocycles. The van der Waals surface area contributed by atoms with E-state index >= 15 is 0 Å². The number of aryl methyl sites for hydroxylation is 1. The third kappa shape index (κ3) is 4.26. The average Bonchev–Trinajstić information content (AvgIpc) is 2.30. The van der Waals surface area contributed by atoms with E-state index < -0.39 is 18.0 Å². The Morgan fingerprint density at radius 2 is 1.95 bits per heavy atom. The Balaban J connectivity index is 2.87. The summed E-state index contributed by atoms with van der Waals surface area (Å²) in [6.45, 7) is 5.30. The van der Waals surface area contributed by atoms with E-state index in [2.05, 4.69) is 0 Å². The molecule has 1 unspecified atom stereocenters. The van der Waals surface area contributed by atoms with Gasteiger partial charge in [0.1, 0.15) is 5.75 Å². The lowest BCUT2D eigenvalue weighted by Gasteiger charge is -2.18. The first-order valence-electron chi connectivity index (χ1n) is 5.94. The number of imide groups is 1. The van der Waals surface area contributed by atoms with Gasteiger partial charge in [-0.2, -0.15) is 0 Å². The number of benzene rings is 1. The molecule has 1 rings (SSSR count). The Bertz CT molecular complexity index is 486. The molecule has 0 spiro atoms. The maximum Gasteiger partial charge on any atom is 0.318 e. The van der Waals surface area contributed by atoms with E-state index in [1.165, 1.54) is 6.92 Å². The number of nitrogens with one attached hydrogen (secondary N) is 1. The fraction of sp³-hybridized carbons (Fsp3) is 0.385. The highest BCUT2D eigenvalue weighted by Gasteiger charge is 2.18. The molecule has 0 aliphatic carbocycles. The van der Waals surface area contributed by atoms with Crippen LogP contribution in [0.4, 0.5) is 4.79 Å². The van der Waals surface area contributed by atoms with Crippen LogP contribution < -0.4 is 21.5 Å². The largest absolute Gasteiger partial charge is 0.481 e. The maximum absolute atomic E-state index is 11.5. The normalized spacial score (nSPS) is 13.5. The lowest BCUT2D eigenvalue weighted by Crippen LogP contribution is -2.42. The number of carbonyl (C=O) groups is 2. The van der Waals surface area contributed by atoms with Crippen LogP contribution in [0.3, 0.4) is 0 Å². The summed E-state index contributed by atoms with van der Waals surface area (Å²) in [6.07, 6.45) is -0.840. The molecule has 0 saturated carbocycles. The molecule has 0 saturated heterocycles. The summed E-state index contributed by atoms with van der Waals surface area (Å²) in [5.74, 6) is -0.0728. The van der Waals surface area contributed by atoms with Gasteiger partial charge >= 0.3 is 6.03 Å². The Labute approximate surface area is 112 Å². The van der Waals surface area contributed by atoms with E-state index in [0.717, 1.165) is 11.1 Å². The van der Waals surface area contributed by atoms with Crippen molar-refractivity contribution in [1.29, 1.82) is 0 Å². The van der Waals surface area contributed by atoms with Crippen molar-refractivity contribution in [2.24, 2.45) is 11.5 Å². The lowest BCUT2D eigenvalue weighted by atomic mass is 10.1. The van der Waals surface area contributed by atoms with Gasteiger partial charge in [0.05, 0.1) is 0 Å². The number of ether oxygens (including phenoxy) is 1. The van der Waals surface area contributed by atoms with E-state index in [9.17, 15) is 9.59 Å². The number of hydrogen-bond donors (Lipinski definition) is 3. The monoisotopic (exact) mass is 265 g/mol. The van der Waals surface area contributed by atoms with Gasteiger partial charge in [0.25, 0.3) is 5.91 Å². The summed E-state index contributed by atoms with van der Waals surface area (Å²) in [4.78, 5) is 22.1. The predicted molar refractivity (Wildman–Crippen MR) is 71.6 cm³/mol. The van der Waals surface area contributed by atoms with Gasteiger partial charge in [-0.1, -0.05) is 17.7 Å². The van der Waals surface area contributed by atoms with E-state index in [1.54, 1.807) is 6.07 Å². The molecular weight excluding hydrogens is 246 g/mol. The van der Waals surface area contributed by atoms with Gasteiger partial charge in [0, 0.05) is 11.6 Å². The number of urea groups is 1. The first-order valence-corrected chi connectivity index (χ1v) is 5.94. The second-order valence-electron chi connectivity index (χ2n) is 4.44. The van der Waals surface area contributed by atoms with Crippen molar-refractivity contribution in [3.8, 4) is 5.75 Å². The fourth-order valence-corrected chi connectivity index (χ4v) is 1.60. The predicted octanol–water partition coefficient (Wildman–Crippen LogP) is 0.977. The van der Waals surface area contributed by atoms with Crippen LogP contribution in [0.1, 0.15) is 31.0 Å². The standard InChI is InChI=1S/C13H19N3O3/c1-7-4-5-11(10(6-7)8(2)14)19-9(3)12(17)16-13(15)18/h4-6,8-9H,14H2,1-3H3,(H3,15,16,17,18)/t8-,9?/m1/s1. The highest BCUT2D eigenvalue weighted by Crippen LogP contribution is 2.25. The van der Waals surface area contributed by atoms with Crippen LogP contribution in [0.15, 0.2) is 18.2 Å². The molecule has 2 atom stereocenters. The van der Waals surface area contributed by atoms with Crippen LogP contribution in [-0.4, -0.2) is 18.0 Å². The fourth-order valence-electron chi connectivity index (χ4n) is 1.60. The molecular formula is C13H19N3O3. The minimum absolute atomic E-state index is 0.221. The van der Waals surface area contributed by atoms with Crippen LogP contribution in [0.2, 0.25) is 0 Å². The van der Waals surface area contributed by atoms with Gasteiger partial charge in [0.2, 0.25) is 0 Å². The Morgan fingerprint density at radius 1 is 1.32 bits per heavy atom. The van der Waals surface area contributed by atoms with Crippen molar-refractivity contribution < 1.29 is 14.3 Å². The molecule has 0 fully saturated rings. The number of rotatable bonds is 4. The molecule has 0 aliphatic heterocycles. The zero-order valence-corrected chi connectivity index (χ0v) is 11.3. The molecule has 0 bridgehead atoms. The van der Waals surface area contributed by atoms with Gasteiger partial charge in [-0.15, -0.1) is 0 Å². The van der Waals surface area contributed by atoms with E-state index in [-0.39, 0.29) is 6.04 Å². The molecule has 3 amide bonds. The van der Waals surface area contributed by atoms with Gasteiger partial charge in [-0.25, -0.2) is 4.79 Å². The summed E-state index contributed by atoms with van der Waals surface area (Å²) in [6, 6.07) is 4.39. The Hall–Kier alpha value is -2.08. The number of nitrogens with two attached hydrogens (primary N) is 2. The molecule has 0 radical (unpaired) electrons. The molecule has 6 heteroatoms. The van der Waals surface area contributed by atoms with Gasteiger partial charge in [-0.05, 0) is 26.8 Å². The zero-order chi connectivity index (χ0) is 14.6. The van der Waals surface area contributed by atoms with Crippen LogP contribution >= 0.6 is 0 Å². The van der Waals surface area contributed by atoms with E-state index in [1.807, 2.05) is 31.3 Å². The third-order valence-electron chi connectivity index (χ3n) is 2.58. The zero-order valence-electron chi connectivity index (χ0n) is 11.3. The second kappa shape index (κ2) is 6.19. The highest BCUT2D eigenvalue weighted by molar-refractivity contribution is 5.95. The number of carbonyl (C=O) groups excluding carboxylic acids is 2. The molecule has 5 N–H and O–H groups in total. The summed E-state index contributed by atoms with van der Waals surface area (Å²) in [7, 11) is 0. The van der Waals surface area contributed by atoms with Crippen molar-refractivity contribution >= 4 is 11.9 Å². The minimum Gasteiger partial charge on any atom is -0.481 e. The van der Waals surface area contributed by atoms with Crippen LogP contribution in [0, 0.1) is 6.92 Å². The van der Waals surface area contributed by atoms with Gasteiger partial charge < -0.3 is 16.2 Å². The second-order valence-corrected chi connectivity index (χ2v) is 4.44. The van der Waals surface area contributed by atoms with E-state index in [0.29, 0.717) is 5.75 Å². The Morgan fingerprint density at radius 3 is 2.47 bits per heavy atom. The van der Waals surface area contributed by atoms with Crippen molar-refractivity contribution in [1.82, 2.24) is 5.32 Å². The summed E-state index contributed by atoms with van der Waals surface area (Å²) < 4.78 is 5.52. The van der Waals surface area contributed by atoms with Crippen molar-refractivity contribution in [2.75, 3.05) is 0 Å². The third-order valence-corrected chi connectivity index (χ3v) is 2.58. The molecule has 19 heavy (non-hydrogen) atoms. The molecule has 1 aromatic rings. The first kappa shape index (κ1) is 15.0. The number of amides is 3. The molecule has 6 nitrogen and oxygen atoms in total. The van der Waals surface area contributed by atoms with E-state index in [4.69, 9.17) is 16.2 Å². The van der Waals surface area contributed by atoms with Gasteiger partial charge in [-0.3, -0.25) is 10.1 Å². The molecule has 0 aliphatic rings. The van der Waals surface area contributed by atoms with Crippen molar-refractivity contribution in [2.45, 2.75) is 32.9 Å². The minimum atomic E-state index is -0.906. The van der Waals surface area contributed by atoms with Crippen molar-refractivity contribution in [3.05, 3.63) is 29.3 Å². The highest BCUT2D eigenvalue weighted by atomic mass is 16.5. The average molecular weight is 265 g/mol. The smallest absolute Gasteiger partial charge is 0.318 e. The summed E-state index contributed by atoms with van der Waals surface area (Å²) >= 11 is 0. The molecule has 1 aromatic carbocycles. The SMILES string of the molecule is Cc1ccc(OC(C)C(=O)NC(N)=O)c([C@@H](C)N)c1. The van der Waals surface area contributed by atoms with Crippen LogP contribution in [-0.2, 0) is 4.79 Å². The summed E-state index contributed by atoms with van der Waals surface area (Å²) in [5.41, 5.74) is 12.6. The number of primary amides is 1. The summed E-state index contributed by atoms with van der Waals surface area (Å²) in [5, 5.41) is 1.97. The quantitative estimate of drug-likeness (QED) is 0.754.